The van der Waals surface area contributed by atoms with E-state index in [0.29, 0.717) is 5.15 Å². The van der Waals surface area contributed by atoms with E-state index in [1.807, 2.05) is 31.3 Å². The van der Waals surface area contributed by atoms with Gasteiger partial charge in [-0.3, -0.25) is 9.89 Å². The monoisotopic (exact) mass is 389 g/mol. The average Bonchev–Trinajstić information content (AvgIpc) is 3.34. The number of likely N-dealkylation sites (tertiary alicyclic amines) is 1. The first kappa shape index (κ1) is 19.7. The first-order valence-electron chi connectivity index (χ1n) is 9.51. The first-order chi connectivity index (χ1) is 13.2. The Hall–Kier alpha value is -2.05. The number of pyridine rings is 1. The number of rotatable bonds is 7. The number of nitrogens with one attached hydrogen (secondary N) is 2. The van der Waals surface area contributed by atoms with Crippen molar-refractivity contribution >= 4 is 17.6 Å². The van der Waals surface area contributed by atoms with Crippen LogP contribution in [0.1, 0.15) is 36.0 Å². The molecule has 1 saturated heterocycles. The summed E-state index contributed by atoms with van der Waals surface area (Å²) in [6, 6.07) is 8.15. The molecule has 2 aromatic heterocycles. The van der Waals surface area contributed by atoms with Crippen LogP contribution in [0, 0.1) is 6.92 Å². The van der Waals surface area contributed by atoms with Gasteiger partial charge in [0.25, 0.3) is 0 Å². The van der Waals surface area contributed by atoms with Gasteiger partial charge in [-0.25, -0.2) is 4.98 Å². The van der Waals surface area contributed by atoms with Crippen LogP contribution in [0.25, 0.3) is 0 Å². The van der Waals surface area contributed by atoms with E-state index in [1.54, 1.807) is 7.05 Å². The zero-order valence-corrected chi connectivity index (χ0v) is 16.8. The van der Waals surface area contributed by atoms with Crippen molar-refractivity contribution in [1.82, 2.24) is 20.5 Å². The lowest BCUT2D eigenvalue weighted by Crippen LogP contribution is -2.43. The molecule has 0 radical (unpaired) electrons. The highest BCUT2D eigenvalue weighted by atomic mass is 35.5. The number of halogens is 1. The highest BCUT2D eigenvalue weighted by Crippen LogP contribution is 2.26. The van der Waals surface area contributed by atoms with Crippen molar-refractivity contribution in [3.05, 3.63) is 52.7 Å². The Bertz CT molecular complexity index is 737. The molecule has 27 heavy (non-hydrogen) atoms. The van der Waals surface area contributed by atoms with E-state index in [1.165, 1.54) is 12.8 Å². The minimum absolute atomic E-state index is 0.222. The van der Waals surface area contributed by atoms with Crippen LogP contribution in [0.4, 0.5) is 0 Å². The van der Waals surface area contributed by atoms with Gasteiger partial charge < -0.3 is 15.1 Å². The molecule has 1 fully saturated rings. The van der Waals surface area contributed by atoms with E-state index < -0.39 is 0 Å². The zero-order chi connectivity index (χ0) is 19.1. The normalized spacial score (nSPS) is 16.5. The molecule has 7 heteroatoms. The Morgan fingerprint density at radius 2 is 2.07 bits per heavy atom. The zero-order valence-electron chi connectivity index (χ0n) is 16.0. The lowest BCUT2D eigenvalue weighted by atomic mass is 10.2. The summed E-state index contributed by atoms with van der Waals surface area (Å²) >= 11 is 5.83. The summed E-state index contributed by atoms with van der Waals surface area (Å²) in [4.78, 5) is 10.9. The van der Waals surface area contributed by atoms with Crippen LogP contribution >= 0.6 is 11.6 Å². The van der Waals surface area contributed by atoms with Crippen molar-refractivity contribution in [2.45, 2.75) is 32.2 Å². The van der Waals surface area contributed by atoms with Gasteiger partial charge in [-0.05, 0) is 63.0 Å². The van der Waals surface area contributed by atoms with Crippen molar-refractivity contribution in [2.24, 2.45) is 4.99 Å². The van der Waals surface area contributed by atoms with E-state index >= 15 is 0 Å². The van der Waals surface area contributed by atoms with Crippen LogP contribution in [0.15, 0.2) is 39.9 Å². The summed E-state index contributed by atoms with van der Waals surface area (Å²) in [6.07, 6.45) is 5.16. The summed E-state index contributed by atoms with van der Waals surface area (Å²) in [7, 11) is 1.79. The van der Waals surface area contributed by atoms with E-state index in [2.05, 4.69) is 31.6 Å². The summed E-state index contributed by atoms with van der Waals surface area (Å²) in [5, 5.41) is 7.33. The Morgan fingerprint density at radius 1 is 1.26 bits per heavy atom. The molecule has 0 amide bonds. The molecule has 2 aromatic rings. The summed E-state index contributed by atoms with van der Waals surface area (Å²) in [5.41, 5.74) is 1.14. The molecular weight excluding hydrogens is 362 g/mol. The van der Waals surface area contributed by atoms with Crippen LogP contribution in [-0.4, -0.2) is 49.1 Å². The van der Waals surface area contributed by atoms with Crippen molar-refractivity contribution in [2.75, 3.05) is 33.2 Å². The van der Waals surface area contributed by atoms with Crippen LogP contribution in [0.5, 0.6) is 0 Å². The Kier molecular flexibility index (Phi) is 7.12. The molecule has 2 N–H and O–H groups in total. The fourth-order valence-corrected chi connectivity index (χ4v) is 3.50. The Morgan fingerprint density at radius 3 is 2.70 bits per heavy atom. The van der Waals surface area contributed by atoms with Crippen molar-refractivity contribution in [1.29, 1.82) is 0 Å². The second kappa shape index (κ2) is 9.76. The number of hydrogen-bond donors (Lipinski definition) is 2. The first-order valence-corrected chi connectivity index (χ1v) is 9.89. The van der Waals surface area contributed by atoms with Crippen LogP contribution in [0.2, 0.25) is 5.15 Å². The van der Waals surface area contributed by atoms with E-state index in [9.17, 15) is 0 Å². The summed E-state index contributed by atoms with van der Waals surface area (Å²) < 4.78 is 5.91. The molecule has 0 bridgehead atoms. The number of guanidine groups is 1. The molecule has 0 spiro atoms. The highest BCUT2D eigenvalue weighted by molar-refractivity contribution is 6.29. The lowest BCUT2D eigenvalue weighted by molar-refractivity contribution is 0.213. The van der Waals surface area contributed by atoms with Crippen molar-refractivity contribution < 1.29 is 4.42 Å². The molecule has 1 aliphatic heterocycles. The number of furan rings is 1. The number of hydrogen-bond acceptors (Lipinski definition) is 4. The fraction of sp³-hybridized carbons (Fsp3) is 0.500. The number of aromatic nitrogens is 1. The molecule has 0 saturated carbocycles. The van der Waals surface area contributed by atoms with E-state index in [-0.39, 0.29) is 6.04 Å². The quantitative estimate of drug-likeness (QED) is 0.432. The standard InChI is InChI=1S/C20H28ClN5O/c1-15-5-7-18(27-15)17(26-11-3-4-12-26)14-25-20(22-2)23-10-9-16-6-8-19(21)24-13-16/h5-8,13,17H,3-4,9-12,14H2,1-2H3,(H2,22,23,25). The van der Waals surface area contributed by atoms with Crippen molar-refractivity contribution in [3.63, 3.8) is 0 Å². The third kappa shape index (κ3) is 5.71. The van der Waals surface area contributed by atoms with Gasteiger partial charge >= 0.3 is 0 Å². The minimum Gasteiger partial charge on any atom is -0.465 e. The van der Waals surface area contributed by atoms with Crippen LogP contribution in [-0.2, 0) is 6.42 Å². The van der Waals surface area contributed by atoms with Gasteiger partial charge in [-0.2, -0.15) is 0 Å². The number of nitrogens with zero attached hydrogens (tertiary/aromatic N) is 3. The number of aryl methyl sites for hydroxylation is 1. The smallest absolute Gasteiger partial charge is 0.191 e. The topological polar surface area (TPSA) is 65.7 Å². The molecule has 1 aliphatic rings. The molecule has 1 unspecified atom stereocenters. The molecular formula is C20H28ClN5O. The number of aliphatic imine (C=N–C) groups is 1. The summed E-state index contributed by atoms with van der Waals surface area (Å²) in [5.74, 6) is 2.77. The predicted molar refractivity (Wildman–Crippen MR) is 109 cm³/mol. The summed E-state index contributed by atoms with van der Waals surface area (Å²) in [6.45, 7) is 5.75. The molecule has 146 valence electrons. The minimum atomic E-state index is 0.222. The molecule has 0 aliphatic carbocycles. The molecule has 3 heterocycles. The maximum Gasteiger partial charge on any atom is 0.191 e. The van der Waals surface area contributed by atoms with Gasteiger partial charge in [0.05, 0.1) is 6.04 Å². The van der Waals surface area contributed by atoms with Gasteiger partial charge in [0.1, 0.15) is 16.7 Å². The highest BCUT2D eigenvalue weighted by Gasteiger charge is 2.26. The maximum atomic E-state index is 5.91. The maximum absolute atomic E-state index is 5.91. The van der Waals surface area contributed by atoms with Crippen molar-refractivity contribution in [3.8, 4) is 0 Å². The third-order valence-electron chi connectivity index (χ3n) is 4.85. The van der Waals surface area contributed by atoms with Crippen LogP contribution < -0.4 is 10.6 Å². The van der Waals surface area contributed by atoms with Crippen LogP contribution in [0.3, 0.4) is 0 Å². The largest absolute Gasteiger partial charge is 0.465 e. The molecule has 1 atom stereocenters. The predicted octanol–water partition coefficient (Wildman–Crippen LogP) is 3.18. The van der Waals surface area contributed by atoms with E-state index in [0.717, 1.165) is 55.6 Å². The second-order valence-corrected chi connectivity index (χ2v) is 7.21. The SMILES string of the molecule is CN=C(NCCc1ccc(Cl)nc1)NCC(c1ccc(C)o1)N1CCCC1. The molecule has 6 nitrogen and oxygen atoms in total. The van der Waals surface area contributed by atoms with Gasteiger partial charge in [-0.1, -0.05) is 17.7 Å². The van der Waals surface area contributed by atoms with Gasteiger partial charge in [0.15, 0.2) is 5.96 Å². The van der Waals surface area contributed by atoms with Gasteiger partial charge in [0, 0.05) is 26.3 Å². The Balaban J connectivity index is 1.52. The third-order valence-corrected chi connectivity index (χ3v) is 5.08. The molecule has 3 rings (SSSR count). The lowest BCUT2D eigenvalue weighted by Gasteiger charge is -2.26. The van der Waals surface area contributed by atoms with Gasteiger partial charge in [0.2, 0.25) is 0 Å². The van der Waals surface area contributed by atoms with E-state index in [4.69, 9.17) is 16.0 Å². The van der Waals surface area contributed by atoms with Gasteiger partial charge in [-0.15, -0.1) is 0 Å². The average molecular weight is 390 g/mol. The molecule has 0 aromatic carbocycles. The fourth-order valence-electron chi connectivity index (χ4n) is 3.39. The Labute approximate surface area is 166 Å². The second-order valence-electron chi connectivity index (χ2n) is 6.83.